The van der Waals surface area contributed by atoms with E-state index in [1.807, 2.05) is 6.26 Å². The molecule has 1 aromatic carbocycles. The Bertz CT molecular complexity index is 498. The Morgan fingerprint density at radius 1 is 1.58 bits per heavy atom. The van der Waals surface area contributed by atoms with Crippen LogP contribution in [-0.4, -0.2) is 29.4 Å². The number of amides is 1. The number of nitrogens with zero attached hydrogens (tertiary/aromatic N) is 1. The first-order valence-corrected chi connectivity index (χ1v) is 7.00. The van der Waals surface area contributed by atoms with Crippen molar-refractivity contribution < 1.29 is 9.72 Å². The quantitative estimate of drug-likeness (QED) is 0.319. The molecule has 0 heterocycles. The zero-order valence-corrected chi connectivity index (χ0v) is 11.7. The average molecular weight is 305 g/mol. The zero-order valence-electron chi connectivity index (χ0n) is 10.1. The second kappa shape index (κ2) is 7.17. The first kappa shape index (κ1) is 15.5. The molecule has 0 bridgehead atoms. The molecule has 104 valence electrons. The van der Waals surface area contributed by atoms with E-state index in [-0.39, 0.29) is 22.0 Å². The first-order chi connectivity index (χ1) is 9.01. The Morgan fingerprint density at radius 2 is 2.26 bits per heavy atom. The van der Waals surface area contributed by atoms with Crippen LogP contribution in [0.4, 0.5) is 11.4 Å². The number of hydrogen-bond donors (Lipinski definition) is 3. The molecule has 0 aliphatic heterocycles. The summed E-state index contributed by atoms with van der Waals surface area (Å²) in [6.07, 6.45) is 1.91. The minimum absolute atomic E-state index is 0.0201. The average Bonchev–Trinajstić information content (AvgIpc) is 2.37. The summed E-state index contributed by atoms with van der Waals surface area (Å²) < 4.78 is 0. The van der Waals surface area contributed by atoms with E-state index in [9.17, 15) is 14.9 Å². The van der Waals surface area contributed by atoms with Crippen molar-refractivity contribution in [2.45, 2.75) is 0 Å². The van der Waals surface area contributed by atoms with Crippen LogP contribution in [0, 0.1) is 10.1 Å². The van der Waals surface area contributed by atoms with Gasteiger partial charge in [-0.3, -0.25) is 20.8 Å². The number of carbonyl (C=O) groups is 1. The summed E-state index contributed by atoms with van der Waals surface area (Å²) >= 11 is 7.43. The number of nitrogen functional groups attached to an aromatic ring is 1. The third-order valence-corrected chi connectivity index (χ3v) is 3.17. The number of hydrogen-bond acceptors (Lipinski definition) is 6. The molecule has 0 aromatic heterocycles. The van der Waals surface area contributed by atoms with Gasteiger partial charge in [-0.15, -0.1) is 0 Å². The predicted octanol–water partition coefficient (Wildman–Crippen LogP) is 1.63. The van der Waals surface area contributed by atoms with E-state index in [2.05, 4.69) is 10.7 Å². The summed E-state index contributed by atoms with van der Waals surface area (Å²) in [5.41, 5.74) is 1.91. The third-order valence-electron chi connectivity index (χ3n) is 2.26. The summed E-state index contributed by atoms with van der Waals surface area (Å²) in [4.78, 5) is 22.0. The van der Waals surface area contributed by atoms with Gasteiger partial charge in [0.2, 0.25) is 0 Å². The van der Waals surface area contributed by atoms with E-state index < -0.39 is 10.8 Å². The van der Waals surface area contributed by atoms with Crippen molar-refractivity contribution in [3.63, 3.8) is 0 Å². The zero-order chi connectivity index (χ0) is 14.4. The lowest BCUT2D eigenvalue weighted by molar-refractivity contribution is -0.384. The van der Waals surface area contributed by atoms with E-state index in [0.29, 0.717) is 6.54 Å². The molecule has 0 saturated heterocycles. The Hall–Kier alpha value is -1.51. The summed E-state index contributed by atoms with van der Waals surface area (Å²) in [5.74, 6) is 5.51. The molecule has 0 atom stereocenters. The predicted molar refractivity (Wildman–Crippen MR) is 76.6 cm³/mol. The number of nitro benzene ring substituents is 1. The van der Waals surface area contributed by atoms with Gasteiger partial charge in [0.15, 0.2) is 0 Å². The number of hydrazine groups is 1. The highest BCUT2D eigenvalue weighted by Gasteiger charge is 2.20. The van der Waals surface area contributed by atoms with Crippen LogP contribution in [0.3, 0.4) is 0 Å². The smallest absolute Gasteiger partial charge is 0.295 e. The minimum Gasteiger partial charge on any atom is -0.351 e. The van der Waals surface area contributed by atoms with Gasteiger partial charge < -0.3 is 10.7 Å². The van der Waals surface area contributed by atoms with Crippen molar-refractivity contribution >= 4 is 40.6 Å². The van der Waals surface area contributed by atoms with Crippen molar-refractivity contribution in [1.82, 2.24) is 5.32 Å². The van der Waals surface area contributed by atoms with Gasteiger partial charge in [0.05, 0.1) is 9.95 Å². The number of halogens is 1. The largest absolute Gasteiger partial charge is 0.351 e. The molecule has 19 heavy (non-hydrogen) atoms. The van der Waals surface area contributed by atoms with Gasteiger partial charge >= 0.3 is 0 Å². The minimum atomic E-state index is -0.653. The normalized spacial score (nSPS) is 10.1. The standard InChI is InChI=1S/C10H13ClN4O3S/c1-19-3-2-13-10(16)6-4-7(11)9(14-12)8(5-6)15(17)18/h4-5,14H,2-3,12H2,1H3,(H,13,16). The molecule has 1 rings (SSSR count). The molecule has 0 fully saturated rings. The summed E-state index contributed by atoms with van der Waals surface area (Å²) in [6, 6.07) is 2.47. The van der Waals surface area contributed by atoms with Gasteiger partial charge in [-0.25, -0.2) is 0 Å². The number of nitrogens with two attached hydrogens (primary N) is 1. The molecule has 0 saturated carbocycles. The number of nitrogens with one attached hydrogen (secondary N) is 2. The lowest BCUT2D eigenvalue weighted by Crippen LogP contribution is -2.26. The lowest BCUT2D eigenvalue weighted by atomic mass is 10.1. The summed E-state index contributed by atoms with van der Waals surface area (Å²) in [7, 11) is 0. The maximum absolute atomic E-state index is 11.8. The summed E-state index contributed by atoms with van der Waals surface area (Å²) in [6.45, 7) is 0.475. The van der Waals surface area contributed by atoms with Crippen LogP contribution in [0.25, 0.3) is 0 Å². The number of rotatable bonds is 6. The van der Waals surface area contributed by atoms with Crippen molar-refractivity contribution in [3.05, 3.63) is 32.8 Å². The highest BCUT2D eigenvalue weighted by atomic mass is 35.5. The first-order valence-electron chi connectivity index (χ1n) is 5.23. The number of anilines is 1. The molecule has 9 heteroatoms. The fourth-order valence-corrected chi connectivity index (χ4v) is 1.95. The number of benzene rings is 1. The Labute approximate surface area is 119 Å². The molecule has 1 aromatic rings. The third kappa shape index (κ3) is 3.98. The van der Waals surface area contributed by atoms with Crippen molar-refractivity contribution in [1.29, 1.82) is 0 Å². The van der Waals surface area contributed by atoms with Crippen LogP contribution in [0.1, 0.15) is 10.4 Å². The van der Waals surface area contributed by atoms with Gasteiger partial charge in [0.1, 0.15) is 5.69 Å². The second-order valence-corrected chi connectivity index (χ2v) is 4.90. The monoisotopic (exact) mass is 304 g/mol. The second-order valence-electron chi connectivity index (χ2n) is 3.50. The molecule has 0 spiro atoms. The van der Waals surface area contributed by atoms with Crippen LogP contribution in [-0.2, 0) is 0 Å². The van der Waals surface area contributed by atoms with E-state index >= 15 is 0 Å². The van der Waals surface area contributed by atoms with Crippen molar-refractivity contribution in [2.75, 3.05) is 24.0 Å². The highest BCUT2D eigenvalue weighted by Crippen LogP contribution is 2.32. The van der Waals surface area contributed by atoms with E-state index in [1.54, 1.807) is 11.8 Å². The Morgan fingerprint density at radius 3 is 2.79 bits per heavy atom. The molecule has 0 unspecified atom stereocenters. The topological polar surface area (TPSA) is 110 Å². The highest BCUT2D eigenvalue weighted by molar-refractivity contribution is 7.98. The molecule has 7 nitrogen and oxygen atoms in total. The molecule has 0 aliphatic rings. The molecule has 0 radical (unpaired) electrons. The number of thioether (sulfide) groups is 1. The fourth-order valence-electron chi connectivity index (χ4n) is 1.38. The number of nitro groups is 1. The molecule has 1 amide bonds. The van der Waals surface area contributed by atoms with Crippen molar-refractivity contribution in [3.8, 4) is 0 Å². The van der Waals surface area contributed by atoms with E-state index in [0.717, 1.165) is 11.8 Å². The fraction of sp³-hybridized carbons (Fsp3) is 0.300. The lowest BCUT2D eigenvalue weighted by Gasteiger charge is -2.08. The SMILES string of the molecule is CSCCNC(=O)c1cc(Cl)c(NN)c([N+](=O)[O-])c1. The van der Waals surface area contributed by atoms with Gasteiger partial charge in [-0.05, 0) is 12.3 Å². The van der Waals surface area contributed by atoms with Crippen LogP contribution in [0.2, 0.25) is 5.02 Å². The molecular formula is C10H13ClN4O3S. The van der Waals surface area contributed by atoms with Gasteiger partial charge in [0, 0.05) is 23.9 Å². The molecule has 0 aliphatic carbocycles. The Kier molecular flexibility index (Phi) is 5.87. The van der Waals surface area contributed by atoms with Crippen LogP contribution in [0.15, 0.2) is 12.1 Å². The van der Waals surface area contributed by atoms with Crippen LogP contribution >= 0.6 is 23.4 Å². The molecular weight excluding hydrogens is 292 g/mol. The van der Waals surface area contributed by atoms with Gasteiger partial charge in [0.25, 0.3) is 11.6 Å². The Balaban J connectivity index is 3.03. The van der Waals surface area contributed by atoms with Crippen LogP contribution in [0.5, 0.6) is 0 Å². The maximum Gasteiger partial charge on any atom is 0.295 e. The maximum atomic E-state index is 11.8. The van der Waals surface area contributed by atoms with Gasteiger partial charge in [-0.2, -0.15) is 11.8 Å². The number of carbonyl (C=O) groups excluding carboxylic acids is 1. The van der Waals surface area contributed by atoms with Crippen molar-refractivity contribution in [2.24, 2.45) is 5.84 Å². The van der Waals surface area contributed by atoms with Gasteiger partial charge in [-0.1, -0.05) is 11.6 Å². The molecule has 4 N–H and O–H groups in total. The van der Waals surface area contributed by atoms with E-state index in [4.69, 9.17) is 17.4 Å². The summed E-state index contributed by atoms with van der Waals surface area (Å²) in [5, 5.41) is 13.5. The van der Waals surface area contributed by atoms with Crippen LogP contribution < -0.4 is 16.6 Å². The van der Waals surface area contributed by atoms with E-state index in [1.165, 1.54) is 6.07 Å².